The van der Waals surface area contributed by atoms with Crippen molar-refractivity contribution in [2.75, 3.05) is 5.32 Å². The van der Waals surface area contributed by atoms with Crippen molar-refractivity contribution in [2.24, 2.45) is 0 Å². The zero-order chi connectivity index (χ0) is 19.1. The van der Waals surface area contributed by atoms with E-state index in [1.165, 1.54) is 12.1 Å². The van der Waals surface area contributed by atoms with Crippen LogP contribution in [0.4, 0.5) is 10.1 Å². The normalized spacial score (nSPS) is 15.9. The third kappa shape index (κ3) is 3.11. The minimum absolute atomic E-state index is 0.117. The summed E-state index contributed by atoms with van der Waals surface area (Å²) < 4.78 is 13.4. The maximum Gasteiger partial charge on any atom is 0.346 e. The number of aromatic carboxylic acids is 1. The van der Waals surface area contributed by atoms with E-state index in [2.05, 4.69) is 5.32 Å². The lowest BCUT2D eigenvalue weighted by Gasteiger charge is -2.24. The number of carboxylic acids is 1. The molecule has 3 aromatic rings. The Morgan fingerprint density at radius 3 is 2.63 bits per heavy atom. The molecule has 7 heteroatoms. The Kier molecular flexibility index (Phi) is 4.45. The first-order valence-electron chi connectivity index (χ1n) is 8.16. The molecule has 136 valence electrons. The summed E-state index contributed by atoms with van der Waals surface area (Å²) in [6.45, 7) is 0. The zero-order valence-electron chi connectivity index (χ0n) is 13.8. The highest BCUT2D eigenvalue weighted by Gasteiger charge is 2.35. The highest BCUT2D eigenvalue weighted by Crippen LogP contribution is 2.50. The van der Waals surface area contributed by atoms with Crippen LogP contribution < -0.4 is 5.32 Å². The van der Waals surface area contributed by atoms with Gasteiger partial charge in [-0.3, -0.25) is 4.79 Å². The van der Waals surface area contributed by atoms with Gasteiger partial charge in [-0.1, -0.05) is 48.0 Å². The Morgan fingerprint density at radius 2 is 1.96 bits per heavy atom. The van der Waals surface area contributed by atoms with Gasteiger partial charge in [-0.05, 0) is 23.3 Å². The number of fused-ring (bicyclic) bond motifs is 1. The maximum atomic E-state index is 13.4. The smallest absolute Gasteiger partial charge is 0.346 e. The maximum absolute atomic E-state index is 13.4. The van der Waals surface area contributed by atoms with Gasteiger partial charge in [0, 0.05) is 27.8 Å². The molecule has 0 unspecified atom stereocenters. The Bertz CT molecular complexity index is 1060. The fraction of sp³-hybridized carbons (Fsp3) is 0.100. The van der Waals surface area contributed by atoms with Gasteiger partial charge in [-0.15, -0.1) is 11.3 Å². The van der Waals surface area contributed by atoms with Crippen molar-refractivity contribution in [3.05, 3.63) is 74.7 Å². The van der Waals surface area contributed by atoms with E-state index in [4.69, 9.17) is 11.6 Å². The third-order valence-electron chi connectivity index (χ3n) is 4.50. The Hall–Kier alpha value is -2.70. The van der Waals surface area contributed by atoms with E-state index in [0.717, 1.165) is 11.3 Å². The van der Waals surface area contributed by atoms with Gasteiger partial charge < -0.3 is 10.4 Å². The molecule has 0 spiro atoms. The van der Waals surface area contributed by atoms with Crippen LogP contribution in [0.25, 0.3) is 11.1 Å². The van der Waals surface area contributed by atoms with Crippen LogP contribution in [0.1, 0.15) is 32.5 Å². The number of carboxylic acid groups (broad SMARTS) is 1. The van der Waals surface area contributed by atoms with Gasteiger partial charge in [0.1, 0.15) is 10.7 Å². The van der Waals surface area contributed by atoms with Gasteiger partial charge in [0.15, 0.2) is 0 Å². The second-order valence-corrected chi connectivity index (χ2v) is 7.65. The summed E-state index contributed by atoms with van der Waals surface area (Å²) >= 11 is 7.34. The third-order valence-corrected chi connectivity index (χ3v) is 6.12. The summed E-state index contributed by atoms with van der Waals surface area (Å²) in [5.74, 6) is -2.19. The van der Waals surface area contributed by atoms with E-state index in [-0.39, 0.29) is 22.2 Å². The number of rotatable bonds is 3. The standard InChI is InChI=1S/C20H13ClFNO3S/c21-14-8-11(22)6-7-12(14)13-9-15(24)23-17-16(10-4-2-1-3-5-10)19(20(25)26)27-18(13)17/h1-8,13H,9H2,(H,23,24)(H,25,26)/t13-/m0/s1. The van der Waals surface area contributed by atoms with Crippen molar-refractivity contribution >= 4 is 40.5 Å². The highest BCUT2D eigenvalue weighted by atomic mass is 35.5. The lowest BCUT2D eigenvalue weighted by Crippen LogP contribution is -2.22. The van der Waals surface area contributed by atoms with Crippen LogP contribution in [0.5, 0.6) is 0 Å². The van der Waals surface area contributed by atoms with Crippen LogP contribution in [0.3, 0.4) is 0 Å². The van der Waals surface area contributed by atoms with E-state index in [1.807, 2.05) is 18.2 Å². The first-order valence-corrected chi connectivity index (χ1v) is 9.35. The number of carbonyl (C=O) groups excluding carboxylic acids is 1. The summed E-state index contributed by atoms with van der Waals surface area (Å²) in [4.78, 5) is 25.1. The number of hydrogen-bond acceptors (Lipinski definition) is 3. The van der Waals surface area contributed by atoms with Crippen LogP contribution >= 0.6 is 22.9 Å². The van der Waals surface area contributed by atoms with Crippen molar-refractivity contribution in [1.82, 2.24) is 0 Å². The molecule has 4 rings (SSSR count). The molecule has 0 bridgehead atoms. The fourth-order valence-corrected chi connectivity index (χ4v) is 4.89. The zero-order valence-corrected chi connectivity index (χ0v) is 15.4. The van der Waals surface area contributed by atoms with Crippen LogP contribution in [0, 0.1) is 5.82 Å². The van der Waals surface area contributed by atoms with Gasteiger partial charge in [0.05, 0.1) is 5.69 Å². The van der Waals surface area contributed by atoms with E-state index in [9.17, 15) is 19.1 Å². The number of benzene rings is 2. The molecule has 2 heterocycles. The Balaban J connectivity index is 1.95. The molecule has 0 radical (unpaired) electrons. The van der Waals surface area contributed by atoms with E-state index in [1.54, 1.807) is 18.2 Å². The highest BCUT2D eigenvalue weighted by molar-refractivity contribution is 7.15. The van der Waals surface area contributed by atoms with Crippen LogP contribution in [-0.2, 0) is 4.79 Å². The topological polar surface area (TPSA) is 66.4 Å². The van der Waals surface area contributed by atoms with E-state index in [0.29, 0.717) is 27.3 Å². The molecular formula is C20H13ClFNO3S. The number of hydrogen-bond donors (Lipinski definition) is 2. The molecule has 0 fully saturated rings. The first kappa shape index (κ1) is 17.7. The van der Waals surface area contributed by atoms with E-state index < -0.39 is 17.7 Å². The lowest BCUT2D eigenvalue weighted by atomic mass is 9.88. The number of halogens is 2. The SMILES string of the molecule is O=C1C[C@@H](c2ccc(F)cc2Cl)c2sc(C(=O)O)c(-c3ccccc3)c2N1. The molecular weight excluding hydrogens is 389 g/mol. The lowest BCUT2D eigenvalue weighted by molar-refractivity contribution is -0.116. The van der Waals surface area contributed by atoms with Crippen molar-refractivity contribution < 1.29 is 19.1 Å². The van der Waals surface area contributed by atoms with Crippen molar-refractivity contribution in [3.8, 4) is 11.1 Å². The second-order valence-electron chi connectivity index (χ2n) is 6.19. The van der Waals surface area contributed by atoms with Crippen LogP contribution in [0.2, 0.25) is 5.02 Å². The molecule has 1 aliphatic heterocycles. The molecule has 1 aliphatic rings. The summed E-state index contributed by atoms with van der Waals surface area (Å²) in [6.07, 6.45) is 0.117. The summed E-state index contributed by atoms with van der Waals surface area (Å²) in [5, 5.41) is 12.8. The molecule has 27 heavy (non-hydrogen) atoms. The summed E-state index contributed by atoms with van der Waals surface area (Å²) in [5.41, 5.74) is 2.29. The Labute approximate surface area is 163 Å². The molecule has 0 saturated carbocycles. The summed E-state index contributed by atoms with van der Waals surface area (Å²) in [6, 6.07) is 13.1. The van der Waals surface area contributed by atoms with E-state index >= 15 is 0 Å². The van der Waals surface area contributed by atoms with Crippen molar-refractivity contribution in [2.45, 2.75) is 12.3 Å². The second kappa shape index (κ2) is 6.79. The van der Waals surface area contributed by atoms with Gasteiger partial charge in [0.25, 0.3) is 0 Å². The van der Waals surface area contributed by atoms with Crippen molar-refractivity contribution in [3.63, 3.8) is 0 Å². The van der Waals surface area contributed by atoms with Gasteiger partial charge in [0.2, 0.25) is 5.91 Å². The minimum atomic E-state index is -1.06. The van der Waals surface area contributed by atoms with Crippen molar-refractivity contribution in [1.29, 1.82) is 0 Å². The molecule has 1 aromatic heterocycles. The van der Waals surface area contributed by atoms with Gasteiger partial charge >= 0.3 is 5.97 Å². The van der Waals surface area contributed by atoms with Gasteiger partial charge in [-0.25, -0.2) is 9.18 Å². The largest absolute Gasteiger partial charge is 0.477 e. The quantitative estimate of drug-likeness (QED) is 0.619. The molecule has 0 aliphatic carbocycles. The predicted molar refractivity (Wildman–Crippen MR) is 103 cm³/mol. The molecule has 2 aromatic carbocycles. The number of amides is 1. The van der Waals surface area contributed by atoms with Crippen LogP contribution in [-0.4, -0.2) is 17.0 Å². The Morgan fingerprint density at radius 1 is 1.22 bits per heavy atom. The average Bonchev–Trinajstić information content (AvgIpc) is 3.01. The minimum Gasteiger partial charge on any atom is -0.477 e. The molecule has 2 N–H and O–H groups in total. The number of nitrogens with one attached hydrogen (secondary N) is 1. The first-order chi connectivity index (χ1) is 13.0. The predicted octanol–water partition coefficient (Wildman–Crippen LogP) is 5.38. The summed E-state index contributed by atoms with van der Waals surface area (Å²) in [7, 11) is 0. The molecule has 1 atom stereocenters. The molecule has 1 amide bonds. The molecule has 0 saturated heterocycles. The monoisotopic (exact) mass is 401 g/mol. The number of anilines is 1. The number of carbonyl (C=O) groups is 2. The average molecular weight is 402 g/mol. The van der Waals surface area contributed by atoms with Crippen LogP contribution in [0.15, 0.2) is 48.5 Å². The number of thiophene rings is 1. The molecule has 4 nitrogen and oxygen atoms in total. The van der Waals surface area contributed by atoms with Gasteiger partial charge in [-0.2, -0.15) is 0 Å². The fourth-order valence-electron chi connectivity index (χ4n) is 3.35.